The zero-order valence-electron chi connectivity index (χ0n) is 12.8. The Morgan fingerprint density at radius 1 is 1.48 bits per heavy atom. The van der Waals surface area contributed by atoms with Gasteiger partial charge in [0, 0.05) is 18.1 Å². The smallest absolute Gasteiger partial charge is 0.255 e. The Bertz CT molecular complexity index is 710. The zero-order chi connectivity index (χ0) is 17.3. The fraction of sp³-hybridized carbons (Fsp3) is 0.500. The number of hydrogen-bond donors (Lipinski definition) is 2. The lowest BCUT2D eigenvalue weighted by molar-refractivity contribution is -0.120. The molecule has 1 aromatic carbocycles. The molecule has 0 radical (unpaired) electrons. The van der Waals surface area contributed by atoms with Gasteiger partial charge >= 0.3 is 0 Å². The van der Waals surface area contributed by atoms with Gasteiger partial charge in [0.15, 0.2) is 6.61 Å². The lowest BCUT2D eigenvalue weighted by Crippen LogP contribution is -2.34. The second-order valence-corrected chi connectivity index (χ2v) is 8.29. The van der Waals surface area contributed by atoms with Crippen LogP contribution in [0.2, 0.25) is 5.02 Å². The predicted molar refractivity (Wildman–Crippen MR) is 86.7 cm³/mol. The molecule has 1 aliphatic heterocycles. The maximum atomic E-state index is 12.9. The number of carbonyl (C=O) groups is 1. The second-order valence-electron chi connectivity index (χ2n) is 5.95. The Labute approximate surface area is 140 Å². The Morgan fingerprint density at radius 3 is 2.74 bits per heavy atom. The number of ether oxygens (including phenoxy) is 1. The first-order valence-electron chi connectivity index (χ1n) is 7.09. The van der Waals surface area contributed by atoms with E-state index in [1.54, 1.807) is 0 Å². The fourth-order valence-corrected chi connectivity index (χ4v) is 4.43. The quantitative estimate of drug-likeness (QED) is 0.768. The monoisotopic (exact) mass is 361 g/mol. The summed E-state index contributed by atoms with van der Waals surface area (Å²) in [5.74, 6) is -0.644. The molecular weight excluding hydrogens is 342 g/mol. The van der Waals surface area contributed by atoms with E-state index in [1.807, 2.05) is 6.92 Å². The van der Waals surface area contributed by atoms with Gasteiger partial charge in [-0.15, -0.1) is 0 Å². The molecule has 1 amide bonds. The van der Waals surface area contributed by atoms with E-state index in [0.717, 1.165) is 0 Å². The van der Waals surface area contributed by atoms with Crippen molar-refractivity contribution in [1.29, 1.82) is 0 Å². The molecule has 0 saturated carbocycles. The highest BCUT2D eigenvalue weighted by atomic mass is 35.5. The summed E-state index contributed by atoms with van der Waals surface area (Å²) in [5.41, 5.74) is 10.5. The molecule has 0 aromatic heterocycles. The van der Waals surface area contributed by atoms with Crippen molar-refractivity contribution in [2.24, 2.45) is 16.9 Å². The third kappa shape index (κ3) is 3.95. The first-order valence-corrected chi connectivity index (χ1v) is 8.91. The molecule has 2 rings (SSSR count). The highest BCUT2D eigenvalue weighted by molar-refractivity contribution is 7.89. The van der Waals surface area contributed by atoms with Crippen molar-refractivity contribution in [3.05, 3.63) is 23.2 Å². The Hall–Kier alpha value is -1.35. The van der Waals surface area contributed by atoms with Crippen molar-refractivity contribution in [1.82, 2.24) is 4.31 Å². The molecule has 128 valence electrons. The van der Waals surface area contributed by atoms with Crippen LogP contribution < -0.4 is 16.2 Å². The fourth-order valence-electron chi connectivity index (χ4n) is 2.44. The molecule has 1 atom stereocenters. The summed E-state index contributed by atoms with van der Waals surface area (Å²) in [6, 6.07) is 4.21. The van der Waals surface area contributed by atoms with Crippen LogP contribution >= 0.6 is 11.6 Å². The third-order valence-corrected chi connectivity index (χ3v) is 6.01. The highest BCUT2D eigenvalue weighted by Gasteiger charge is 2.40. The van der Waals surface area contributed by atoms with Crippen LogP contribution in [-0.2, 0) is 14.8 Å². The van der Waals surface area contributed by atoms with E-state index in [9.17, 15) is 13.2 Å². The number of carbonyl (C=O) groups excluding carboxylic acids is 1. The summed E-state index contributed by atoms with van der Waals surface area (Å²) < 4.78 is 32.4. The second kappa shape index (κ2) is 6.64. The van der Waals surface area contributed by atoms with E-state index >= 15 is 0 Å². The molecule has 7 nitrogen and oxygen atoms in total. The van der Waals surface area contributed by atoms with Gasteiger partial charge in [0.05, 0.1) is 0 Å². The number of rotatable bonds is 6. The van der Waals surface area contributed by atoms with Crippen LogP contribution in [0.25, 0.3) is 0 Å². The highest BCUT2D eigenvalue weighted by Crippen LogP contribution is 2.36. The Morgan fingerprint density at radius 2 is 2.17 bits per heavy atom. The average molecular weight is 362 g/mol. The number of sulfonamides is 1. The van der Waals surface area contributed by atoms with E-state index in [-0.39, 0.29) is 21.1 Å². The average Bonchev–Trinajstić information content (AvgIpc) is 2.90. The number of nitrogens with two attached hydrogens (primary N) is 2. The number of hydrogen-bond acceptors (Lipinski definition) is 5. The number of benzene rings is 1. The molecule has 1 saturated heterocycles. The van der Waals surface area contributed by atoms with E-state index in [4.69, 9.17) is 27.8 Å². The molecular formula is C14H20ClN3O4S. The summed E-state index contributed by atoms with van der Waals surface area (Å²) in [4.78, 5) is 10.8. The Kier molecular flexibility index (Phi) is 5.20. The van der Waals surface area contributed by atoms with Crippen LogP contribution in [0.1, 0.15) is 13.3 Å². The van der Waals surface area contributed by atoms with Crippen LogP contribution in [0.5, 0.6) is 5.75 Å². The molecule has 0 spiro atoms. The number of nitrogens with zero attached hydrogens (tertiary/aromatic N) is 1. The minimum atomic E-state index is -3.80. The van der Waals surface area contributed by atoms with Gasteiger partial charge in [0.2, 0.25) is 10.0 Å². The summed E-state index contributed by atoms with van der Waals surface area (Å²) in [5, 5.41) is 0.260. The summed E-state index contributed by atoms with van der Waals surface area (Å²) in [6.45, 7) is 2.64. The molecule has 23 heavy (non-hydrogen) atoms. The summed E-state index contributed by atoms with van der Waals surface area (Å²) >= 11 is 5.93. The SMILES string of the molecule is CC1(CN)CCN(S(=O)(=O)c2cc(Cl)ccc2OCC(N)=O)C1. The first-order chi connectivity index (χ1) is 10.7. The van der Waals surface area contributed by atoms with E-state index in [1.165, 1.54) is 22.5 Å². The lowest BCUT2D eigenvalue weighted by Gasteiger charge is -2.23. The van der Waals surface area contributed by atoms with Crippen molar-refractivity contribution in [3.63, 3.8) is 0 Å². The van der Waals surface area contributed by atoms with Crippen LogP contribution in [0, 0.1) is 5.41 Å². The van der Waals surface area contributed by atoms with Crippen molar-refractivity contribution in [2.75, 3.05) is 26.2 Å². The zero-order valence-corrected chi connectivity index (χ0v) is 14.4. The number of primary amides is 1. The molecule has 1 aromatic rings. The van der Waals surface area contributed by atoms with Crippen LogP contribution in [0.4, 0.5) is 0 Å². The van der Waals surface area contributed by atoms with Crippen LogP contribution in [0.15, 0.2) is 23.1 Å². The van der Waals surface area contributed by atoms with Gasteiger partial charge in [-0.1, -0.05) is 18.5 Å². The van der Waals surface area contributed by atoms with Crippen molar-refractivity contribution in [2.45, 2.75) is 18.2 Å². The maximum Gasteiger partial charge on any atom is 0.255 e. The predicted octanol–water partition coefficient (Wildman–Crippen LogP) is 0.564. The maximum absolute atomic E-state index is 12.9. The molecule has 1 aliphatic rings. The largest absolute Gasteiger partial charge is 0.482 e. The molecule has 1 heterocycles. The summed E-state index contributed by atoms with van der Waals surface area (Å²) in [7, 11) is -3.80. The van der Waals surface area contributed by atoms with Gasteiger partial charge in [-0.25, -0.2) is 8.42 Å². The number of halogens is 1. The van der Waals surface area contributed by atoms with Crippen LogP contribution in [-0.4, -0.2) is 44.9 Å². The first kappa shape index (κ1) is 18.0. The van der Waals surface area contributed by atoms with Crippen molar-refractivity contribution < 1.29 is 17.9 Å². The van der Waals surface area contributed by atoms with Gasteiger partial charge in [-0.2, -0.15) is 4.31 Å². The minimum absolute atomic E-state index is 0.0505. The van der Waals surface area contributed by atoms with E-state index < -0.39 is 22.5 Å². The van der Waals surface area contributed by atoms with Crippen molar-refractivity contribution in [3.8, 4) is 5.75 Å². The lowest BCUT2D eigenvalue weighted by atomic mass is 9.90. The number of amides is 1. The molecule has 0 bridgehead atoms. The van der Waals surface area contributed by atoms with Gasteiger partial charge < -0.3 is 16.2 Å². The minimum Gasteiger partial charge on any atom is -0.482 e. The summed E-state index contributed by atoms with van der Waals surface area (Å²) in [6.07, 6.45) is 0.681. The topological polar surface area (TPSA) is 116 Å². The van der Waals surface area contributed by atoms with Gasteiger partial charge in [-0.3, -0.25) is 4.79 Å². The van der Waals surface area contributed by atoms with Crippen LogP contribution in [0.3, 0.4) is 0 Å². The van der Waals surface area contributed by atoms with Crippen molar-refractivity contribution >= 4 is 27.5 Å². The van der Waals surface area contributed by atoms with Gasteiger partial charge in [0.25, 0.3) is 5.91 Å². The molecule has 1 fully saturated rings. The van der Waals surface area contributed by atoms with Gasteiger partial charge in [0.1, 0.15) is 10.6 Å². The van der Waals surface area contributed by atoms with E-state index in [2.05, 4.69) is 0 Å². The van der Waals surface area contributed by atoms with E-state index in [0.29, 0.717) is 26.1 Å². The molecule has 9 heteroatoms. The molecule has 0 aliphatic carbocycles. The Balaban J connectivity index is 2.35. The standard InChI is InChI=1S/C14H20ClN3O4S/c1-14(8-16)4-5-18(9-14)23(20,21)12-6-10(15)2-3-11(12)22-7-13(17)19/h2-3,6H,4-5,7-9,16H2,1H3,(H2,17,19). The molecule has 1 unspecified atom stereocenters. The third-order valence-electron chi connectivity index (χ3n) is 3.91. The van der Waals surface area contributed by atoms with Gasteiger partial charge in [-0.05, 0) is 36.6 Å². The normalized spacial score (nSPS) is 22.2. The molecule has 4 N–H and O–H groups in total.